The largest absolute Gasteiger partial charge is 0.385 e. The zero-order valence-corrected chi connectivity index (χ0v) is 15.7. The average Bonchev–Trinajstić information content (AvgIpc) is 2.55. The lowest BCUT2D eigenvalue weighted by Crippen LogP contribution is -2.42. The number of aliphatic imine (C=N–C) groups is 1. The van der Waals surface area contributed by atoms with Gasteiger partial charge in [0.15, 0.2) is 5.96 Å². The van der Waals surface area contributed by atoms with Crippen LogP contribution >= 0.6 is 0 Å². The van der Waals surface area contributed by atoms with Gasteiger partial charge in [0.25, 0.3) is 0 Å². The van der Waals surface area contributed by atoms with Gasteiger partial charge >= 0.3 is 0 Å². The zero-order chi connectivity index (χ0) is 18.0. The fourth-order valence-corrected chi connectivity index (χ4v) is 3.44. The van der Waals surface area contributed by atoms with Gasteiger partial charge in [-0.15, -0.1) is 0 Å². The maximum absolute atomic E-state index is 12.4. The van der Waals surface area contributed by atoms with Crippen molar-refractivity contribution < 1.29 is 13.2 Å². The summed E-state index contributed by atoms with van der Waals surface area (Å²) in [7, 11) is -0.175. The van der Waals surface area contributed by atoms with Gasteiger partial charge in [0.2, 0.25) is 10.0 Å². The quantitative estimate of drug-likeness (QED) is 0.346. The molecular formula is C16H28N4O3S. The monoisotopic (exact) mass is 356 g/mol. The Morgan fingerprint density at radius 2 is 1.88 bits per heavy atom. The van der Waals surface area contributed by atoms with Crippen LogP contribution in [0.5, 0.6) is 0 Å². The molecule has 7 nitrogen and oxygen atoms in total. The third-order valence-corrected chi connectivity index (χ3v) is 4.99. The molecule has 0 amide bonds. The highest BCUT2D eigenvalue weighted by molar-refractivity contribution is 7.89. The van der Waals surface area contributed by atoms with Crippen molar-refractivity contribution in [3.05, 3.63) is 29.3 Å². The molecule has 3 N–H and O–H groups in total. The Labute approximate surface area is 145 Å². The molecule has 0 saturated carbocycles. The first-order valence-electron chi connectivity index (χ1n) is 7.91. The van der Waals surface area contributed by atoms with Crippen LogP contribution in [0.3, 0.4) is 0 Å². The van der Waals surface area contributed by atoms with Gasteiger partial charge in [-0.1, -0.05) is 12.1 Å². The van der Waals surface area contributed by atoms with Crippen LogP contribution in [0.15, 0.2) is 28.1 Å². The second kappa shape index (κ2) is 10.3. The van der Waals surface area contributed by atoms with Crippen molar-refractivity contribution in [1.29, 1.82) is 0 Å². The van der Waals surface area contributed by atoms with Gasteiger partial charge in [-0.25, -0.2) is 13.1 Å². The van der Waals surface area contributed by atoms with Gasteiger partial charge < -0.3 is 15.4 Å². The Morgan fingerprint density at radius 1 is 1.17 bits per heavy atom. The van der Waals surface area contributed by atoms with E-state index in [-0.39, 0.29) is 6.54 Å². The van der Waals surface area contributed by atoms with E-state index >= 15 is 0 Å². The number of ether oxygens (including phenoxy) is 1. The molecule has 0 spiro atoms. The van der Waals surface area contributed by atoms with Crippen LogP contribution in [0, 0.1) is 13.8 Å². The van der Waals surface area contributed by atoms with Crippen molar-refractivity contribution in [3.8, 4) is 0 Å². The maximum atomic E-state index is 12.4. The molecule has 0 saturated heterocycles. The summed E-state index contributed by atoms with van der Waals surface area (Å²) in [5.74, 6) is 0.636. The van der Waals surface area contributed by atoms with Crippen LogP contribution in [-0.4, -0.2) is 54.8 Å². The van der Waals surface area contributed by atoms with E-state index in [1.165, 1.54) is 0 Å². The number of nitrogens with zero attached hydrogens (tertiary/aromatic N) is 1. The smallest absolute Gasteiger partial charge is 0.240 e. The Hall–Kier alpha value is -1.64. The number of benzene rings is 1. The fraction of sp³-hybridized carbons (Fsp3) is 0.562. The molecule has 0 bridgehead atoms. The fourth-order valence-electron chi connectivity index (χ4n) is 2.08. The summed E-state index contributed by atoms with van der Waals surface area (Å²) in [6, 6.07) is 5.39. The van der Waals surface area contributed by atoms with E-state index in [1.54, 1.807) is 27.1 Å². The molecular weight excluding hydrogens is 328 g/mol. The lowest BCUT2D eigenvalue weighted by atomic mass is 10.2. The Bertz CT molecular complexity index is 645. The highest BCUT2D eigenvalue weighted by atomic mass is 32.2. The van der Waals surface area contributed by atoms with Crippen molar-refractivity contribution in [2.75, 3.05) is 40.4 Å². The molecule has 1 aromatic rings. The molecule has 136 valence electrons. The first kappa shape index (κ1) is 20.4. The summed E-state index contributed by atoms with van der Waals surface area (Å²) in [4.78, 5) is 4.40. The predicted molar refractivity (Wildman–Crippen MR) is 97.0 cm³/mol. The summed E-state index contributed by atoms with van der Waals surface area (Å²) < 4.78 is 32.3. The van der Waals surface area contributed by atoms with Gasteiger partial charge in [0.05, 0.1) is 4.90 Å². The normalized spacial score (nSPS) is 12.2. The van der Waals surface area contributed by atoms with Gasteiger partial charge in [-0.05, 0) is 37.5 Å². The molecule has 0 aliphatic carbocycles. The molecule has 1 rings (SSSR count). The number of hydrogen-bond acceptors (Lipinski definition) is 4. The van der Waals surface area contributed by atoms with E-state index in [0.29, 0.717) is 24.0 Å². The first-order valence-corrected chi connectivity index (χ1v) is 9.39. The predicted octanol–water partition coefficient (Wildman–Crippen LogP) is 0.783. The van der Waals surface area contributed by atoms with Crippen LogP contribution < -0.4 is 15.4 Å². The molecule has 0 aromatic heterocycles. The minimum Gasteiger partial charge on any atom is -0.385 e. The lowest BCUT2D eigenvalue weighted by Gasteiger charge is -2.13. The highest BCUT2D eigenvalue weighted by Gasteiger charge is 2.16. The zero-order valence-electron chi connectivity index (χ0n) is 14.8. The van der Waals surface area contributed by atoms with Gasteiger partial charge in [0, 0.05) is 40.4 Å². The summed E-state index contributed by atoms with van der Waals surface area (Å²) in [5, 5.41) is 6.20. The van der Waals surface area contributed by atoms with Crippen LogP contribution in [0.2, 0.25) is 0 Å². The number of sulfonamides is 1. The second-order valence-electron chi connectivity index (χ2n) is 5.44. The van der Waals surface area contributed by atoms with Crippen molar-refractivity contribution in [2.45, 2.75) is 25.2 Å². The molecule has 0 radical (unpaired) electrons. The van der Waals surface area contributed by atoms with E-state index in [9.17, 15) is 8.42 Å². The molecule has 0 aliphatic rings. The topological polar surface area (TPSA) is 91.8 Å². The molecule has 1 aromatic carbocycles. The minimum atomic E-state index is -3.51. The number of guanidine groups is 1. The number of rotatable bonds is 9. The van der Waals surface area contributed by atoms with Crippen LogP contribution in [0.1, 0.15) is 17.5 Å². The highest BCUT2D eigenvalue weighted by Crippen LogP contribution is 2.16. The summed E-state index contributed by atoms with van der Waals surface area (Å²) in [5.41, 5.74) is 1.65. The molecule has 24 heavy (non-hydrogen) atoms. The average molecular weight is 356 g/mol. The van der Waals surface area contributed by atoms with Gasteiger partial charge in [0.1, 0.15) is 0 Å². The third kappa shape index (κ3) is 6.86. The van der Waals surface area contributed by atoms with Crippen LogP contribution in [0.4, 0.5) is 0 Å². The molecule has 0 atom stereocenters. The number of aryl methyl sites for hydroxylation is 2. The lowest BCUT2D eigenvalue weighted by molar-refractivity contribution is 0.195. The van der Waals surface area contributed by atoms with E-state index in [4.69, 9.17) is 4.74 Å². The van der Waals surface area contributed by atoms with Gasteiger partial charge in [-0.3, -0.25) is 4.99 Å². The first-order chi connectivity index (χ1) is 11.4. The second-order valence-corrected chi connectivity index (χ2v) is 7.17. The van der Waals surface area contributed by atoms with Crippen molar-refractivity contribution in [3.63, 3.8) is 0 Å². The maximum Gasteiger partial charge on any atom is 0.240 e. The van der Waals surface area contributed by atoms with Crippen molar-refractivity contribution in [2.24, 2.45) is 4.99 Å². The third-order valence-electron chi connectivity index (χ3n) is 3.38. The molecule has 8 heteroatoms. The van der Waals surface area contributed by atoms with Gasteiger partial charge in [-0.2, -0.15) is 0 Å². The van der Waals surface area contributed by atoms with Crippen LogP contribution in [-0.2, 0) is 14.8 Å². The van der Waals surface area contributed by atoms with Crippen molar-refractivity contribution in [1.82, 2.24) is 15.4 Å². The molecule has 0 unspecified atom stereocenters. The van der Waals surface area contributed by atoms with E-state index in [0.717, 1.165) is 24.1 Å². The van der Waals surface area contributed by atoms with Crippen LogP contribution in [0.25, 0.3) is 0 Å². The summed E-state index contributed by atoms with van der Waals surface area (Å²) in [6.45, 7) is 5.79. The summed E-state index contributed by atoms with van der Waals surface area (Å²) >= 11 is 0. The molecule has 0 heterocycles. The minimum absolute atomic E-state index is 0.272. The number of methoxy groups -OCH3 is 1. The molecule has 0 aliphatic heterocycles. The SMILES string of the molecule is CN=C(NCCCOC)NCCNS(=O)(=O)c1cc(C)ccc1C. The number of hydrogen-bond donors (Lipinski definition) is 3. The summed E-state index contributed by atoms with van der Waals surface area (Å²) in [6.07, 6.45) is 0.871. The standard InChI is InChI=1S/C16H28N4O3S/c1-13-6-7-14(2)15(12-13)24(21,22)20-10-9-19-16(17-3)18-8-5-11-23-4/h6-7,12,20H,5,8-11H2,1-4H3,(H2,17,18,19). The van der Waals surface area contributed by atoms with E-state index < -0.39 is 10.0 Å². The number of nitrogens with one attached hydrogen (secondary N) is 3. The molecule has 0 fully saturated rings. The van der Waals surface area contributed by atoms with E-state index in [1.807, 2.05) is 19.1 Å². The Kier molecular flexibility index (Phi) is 8.73. The Morgan fingerprint density at radius 3 is 2.54 bits per heavy atom. The Balaban J connectivity index is 2.44. The van der Waals surface area contributed by atoms with Crippen molar-refractivity contribution >= 4 is 16.0 Å². The van der Waals surface area contributed by atoms with E-state index in [2.05, 4.69) is 20.3 Å².